The van der Waals surface area contributed by atoms with Gasteiger partial charge in [0.25, 0.3) is 0 Å². The van der Waals surface area contributed by atoms with Gasteiger partial charge in [0.2, 0.25) is 0 Å². The van der Waals surface area contributed by atoms with Crippen LogP contribution in [0.25, 0.3) is 0 Å². The van der Waals surface area contributed by atoms with Crippen molar-refractivity contribution in [2.24, 2.45) is 5.73 Å². The Balaban J connectivity index is 3.16. The van der Waals surface area contributed by atoms with Gasteiger partial charge in [-0.3, -0.25) is 0 Å². The van der Waals surface area contributed by atoms with Gasteiger partial charge in [-0.15, -0.1) is 0 Å². The fourth-order valence-corrected chi connectivity index (χ4v) is 1.31. The third-order valence-corrected chi connectivity index (χ3v) is 2.38. The Bertz CT molecular complexity index is 185. The molecule has 0 radical (unpaired) electrons. The van der Waals surface area contributed by atoms with E-state index >= 15 is 0 Å². The van der Waals surface area contributed by atoms with Gasteiger partial charge in [-0.05, 0) is 32.6 Å². The molecule has 15 heavy (non-hydrogen) atoms. The Morgan fingerprint density at radius 2 is 1.80 bits per heavy atom. The van der Waals surface area contributed by atoms with Crippen LogP contribution in [0, 0.1) is 11.3 Å². The summed E-state index contributed by atoms with van der Waals surface area (Å²) in [5.41, 5.74) is 5.03. The van der Waals surface area contributed by atoms with Crippen LogP contribution >= 0.6 is 0 Å². The number of hydrogen-bond donors (Lipinski definition) is 1. The molecule has 0 aromatic heterocycles. The number of unbranched alkanes of at least 4 members (excludes halogenated alkanes) is 3. The van der Waals surface area contributed by atoms with E-state index in [1.807, 2.05) is 0 Å². The molecular formula is C12H24N2O. The molecule has 88 valence electrons. The van der Waals surface area contributed by atoms with Crippen LogP contribution in [0.3, 0.4) is 0 Å². The molecule has 0 saturated carbocycles. The Hall–Kier alpha value is -0.590. The minimum atomic E-state index is -0.664. The molecule has 0 aliphatic rings. The van der Waals surface area contributed by atoms with Crippen LogP contribution in [0.5, 0.6) is 0 Å². The first-order valence-corrected chi connectivity index (χ1v) is 5.90. The van der Waals surface area contributed by atoms with Gasteiger partial charge in [0.1, 0.15) is 5.54 Å². The second kappa shape index (κ2) is 8.70. The van der Waals surface area contributed by atoms with Crippen molar-refractivity contribution in [3.05, 3.63) is 0 Å². The van der Waals surface area contributed by atoms with E-state index in [2.05, 4.69) is 13.0 Å². The monoisotopic (exact) mass is 212 g/mol. The van der Waals surface area contributed by atoms with Gasteiger partial charge >= 0.3 is 0 Å². The van der Waals surface area contributed by atoms with E-state index in [-0.39, 0.29) is 0 Å². The second-order valence-corrected chi connectivity index (χ2v) is 4.31. The number of nitrogens with zero attached hydrogens (tertiary/aromatic N) is 1. The zero-order valence-electron chi connectivity index (χ0n) is 10.1. The predicted octanol–water partition coefficient (Wildman–Crippen LogP) is 2.60. The molecule has 0 rings (SSSR count). The molecular weight excluding hydrogens is 188 g/mol. The zero-order valence-corrected chi connectivity index (χ0v) is 10.1. The normalized spacial score (nSPS) is 14.5. The van der Waals surface area contributed by atoms with E-state index < -0.39 is 5.54 Å². The van der Waals surface area contributed by atoms with Crippen LogP contribution in [0.15, 0.2) is 0 Å². The largest absolute Gasteiger partial charge is 0.381 e. The van der Waals surface area contributed by atoms with Gasteiger partial charge in [-0.2, -0.15) is 5.26 Å². The summed E-state index contributed by atoms with van der Waals surface area (Å²) < 4.78 is 5.46. The number of hydrogen-bond acceptors (Lipinski definition) is 3. The van der Waals surface area contributed by atoms with Gasteiger partial charge in [0, 0.05) is 13.2 Å². The van der Waals surface area contributed by atoms with Crippen molar-refractivity contribution < 1.29 is 4.74 Å². The molecule has 0 amide bonds. The first kappa shape index (κ1) is 14.4. The van der Waals surface area contributed by atoms with Crippen LogP contribution < -0.4 is 5.73 Å². The van der Waals surface area contributed by atoms with E-state index in [0.717, 1.165) is 38.9 Å². The number of rotatable bonds is 9. The van der Waals surface area contributed by atoms with Crippen LogP contribution in [0.2, 0.25) is 0 Å². The molecule has 1 unspecified atom stereocenters. The highest BCUT2D eigenvalue weighted by molar-refractivity contribution is 5.00. The maximum Gasteiger partial charge on any atom is 0.101 e. The standard InChI is InChI=1S/C12H24N2O/c1-3-4-6-9-15-10-7-5-8-12(2,14)11-13/h3-10,14H2,1-2H3. The highest BCUT2D eigenvalue weighted by Gasteiger charge is 2.15. The summed E-state index contributed by atoms with van der Waals surface area (Å²) in [6.07, 6.45) is 6.35. The summed E-state index contributed by atoms with van der Waals surface area (Å²) in [4.78, 5) is 0. The summed E-state index contributed by atoms with van der Waals surface area (Å²) in [7, 11) is 0. The first-order valence-electron chi connectivity index (χ1n) is 5.90. The van der Waals surface area contributed by atoms with Crippen molar-refractivity contribution in [1.82, 2.24) is 0 Å². The SMILES string of the molecule is CCCCCOCCCCC(C)(N)C#N. The number of nitriles is 1. The highest BCUT2D eigenvalue weighted by atomic mass is 16.5. The van der Waals surface area contributed by atoms with Crippen molar-refractivity contribution in [2.75, 3.05) is 13.2 Å². The Morgan fingerprint density at radius 1 is 1.20 bits per heavy atom. The molecule has 0 aromatic rings. The predicted molar refractivity (Wildman–Crippen MR) is 62.4 cm³/mol. The Kier molecular flexibility index (Phi) is 8.35. The minimum Gasteiger partial charge on any atom is -0.381 e. The lowest BCUT2D eigenvalue weighted by Crippen LogP contribution is -2.33. The Morgan fingerprint density at radius 3 is 2.33 bits per heavy atom. The van der Waals surface area contributed by atoms with E-state index in [1.54, 1.807) is 6.92 Å². The average Bonchev–Trinajstić information content (AvgIpc) is 2.22. The molecule has 2 N–H and O–H groups in total. The summed E-state index contributed by atoms with van der Waals surface area (Å²) in [6, 6.07) is 2.10. The van der Waals surface area contributed by atoms with E-state index in [1.165, 1.54) is 12.8 Å². The molecule has 0 aliphatic heterocycles. The fourth-order valence-electron chi connectivity index (χ4n) is 1.31. The first-order chi connectivity index (χ1) is 7.12. The molecule has 3 heteroatoms. The lowest BCUT2D eigenvalue weighted by molar-refractivity contribution is 0.125. The molecule has 0 heterocycles. The maximum absolute atomic E-state index is 8.69. The van der Waals surface area contributed by atoms with Gasteiger partial charge in [0.15, 0.2) is 0 Å². The van der Waals surface area contributed by atoms with Crippen LogP contribution in [0.1, 0.15) is 52.4 Å². The second-order valence-electron chi connectivity index (χ2n) is 4.31. The van der Waals surface area contributed by atoms with Gasteiger partial charge in [-0.1, -0.05) is 19.8 Å². The minimum absolute atomic E-state index is 0.664. The summed E-state index contributed by atoms with van der Waals surface area (Å²) in [5, 5.41) is 8.69. The fraction of sp³-hybridized carbons (Fsp3) is 0.917. The summed E-state index contributed by atoms with van der Waals surface area (Å²) in [5.74, 6) is 0. The number of ether oxygens (including phenoxy) is 1. The van der Waals surface area contributed by atoms with Crippen molar-refractivity contribution in [3.8, 4) is 6.07 Å². The highest BCUT2D eigenvalue weighted by Crippen LogP contribution is 2.09. The van der Waals surface area contributed by atoms with E-state index in [0.29, 0.717) is 0 Å². The molecule has 0 saturated heterocycles. The Labute approximate surface area is 93.6 Å². The third-order valence-electron chi connectivity index (χ3n) is 2.38. The average molecular weight is 212 g/mol. The lowest BCUT2D eigenvalue weighted by Gasteiger charge is -2.14. The van der Waals surface area contributed by atoms with Crippen molar-refractivity contribution in [2.45, 2.75) is 57.9 Å². The number of nitrogens with two attached hydrogens (primary N) is 1. The maximum atomic E-state index is 8.69. The molecule has 0 bridgehead atoms. The molecule has 1 atom stereocenters. The molecule has 0 fully saturated rings. The van der Waals surface area contributed by atoms with Gasteiger partial charge < -0.3 is 10.5 Å². The van der Waals surface area contributed by atoms with E-state index in [9.17, 15) is 0 Å². The van der Waals surface area contributed by atoms with Crippen molar-refractivity contribution in [1.29, 1.82) is 5.26 Å². The molecule has 3 nitrogen and oxygen atoms in total. The lowest BCUT2D eigenvalue weighted by atomic mass is 9.98. The van der Waals surface area contributed by atoms with Crippen LogP contribution in [-0.2, 0) is 4.74 Å². The third kappa shape index (κ3) is 9.71. The topological polar surface area (TPSA) is 59.0 Å². The van der Waals surface area contributed by atoms with Gasteiger partial charge in [0.05, 0.1) is 6.07 Å². The van der Waals surface area contributed by atoms with E-state index in [4.69, 9.17) is 15.7 Å². The molecule has 0 aromatic carbocycles. The quantitative estimate of drug-likeness (QED) is 0.598. The smallest absolute Gasteiger partial charge is 0.101 e. The molecule has 0 spiro atoms. The summed E-state index contributed by atoms with van der Waals surface area (Å²) >= 11 is 0. The molecule has 0 aliphatic carbocycles. The van der Waals surface area contributed by atoms with Crippen molar-refractivity contribution in [3.63, 3.8) is 0 Å². The van der Waals surface area contributed by atoms with Crippen LogP contribution in [0.4, 0.5) is 0 Å². The van der Waals surface area contributed by atoms with Crippen LogP contribution in [-0.4, -0.2) is 18.8 Å². The summed E-state index contributed by atoms with van der Waals surface area (Å²) in [6.45, 7) is 5.62. The van der Waals surface area contributed by atoms with Gasteiger partial charge in [-0.25, -0.2) is 0 Å². The zero-order chi connectivity index (χ0) is 11.6. The van der Waals surface area contributed by atoms with Crippen molar-refractivity contribution >= 4 is 0 Å².